The number of amides is 1. The highest BCUT2D eigenvalue weighted by molar-refractivity contribution is 5.82. The van der Waals surface area contributed by atoms with Crippen molar-refractivity contribution in [2.75, 3.05) is 11.9 Å². The van der Waals surface area contributed by atoms with Gasteiger partial charge in [-0.25, -0.2) is 13.8 Å². The third-order valence-electron chi connectivity index (χ3n) is 4.39. The third kappa shape index (κ3) is 3.37. The maximum absolute atomic E-state index is 13.8. The van der Waals surface area contributed by atoms with Crippen molar-refractivity contribution in [1.29, 1.82) is 0 Å². The minimum absolute atomic E-state index is 0.109. The molecule has 142 valence electrons. The topological polar surface area (TPSA) is 76.2 Å². The molecule has 6 nitrogen and oxygen atoms in total. The second-order valence-corrected chi connectivity index (χ2v) is 6.26. The maximum Gasteiger partial charge on any atom is 0.240 e. The SMILES string of the molecule is NCC(=O)N1C=Cn2c(nc(-c3cccc(F)c3)c2Nc2ccc(F)cc2)C1. The summed E-state index contributed by atoms with van der Waals surface area (Å²) in [6.07, 6.45) is 3.31. The van der Waals surface area contributed by atoms with Gasteiger partial charge in [0.25, 0.3) is 0 Å². The highest BCUT2D eigenvalue weighted by Gasteiger charge is 2.23. The molecule has 1 aliphatic heterocycles. The summed E-state index contributed by atoms with van der Waals surface area (Å²) in [4.78, 5) is 18.0. The predicted molar refractivity (Wildman–Crippen MR) is 102 cm³/mol. The van der Waals surface area contributed by atoms with E-state index in [-0.39, 0.29) is 30.6 Å². The van der Waals surface area contributed by atoms with Crippen LogP contribution >= 0.6 is 0 Å². The van der Waals surface area contributed by atoms with E-state index in [4.69, 9.17) is 5.73 Å². The maximum atomic E-state index is 13.8. The van der Waals surface area contributed by atoms with E-state index in [1.54, 1.807) is 41.2 Å². The van der Waals surface area contributed by atoms with E-state index < -0.39 is 0 Å². The van der Waals surface area contributed by atoms with Crippen molar-refractivity contribution >= 4 is 23.6 Å². The zero-order valence-electron chi connectivity index (χ0n) is 14.8. The van der Waals surface area contributed by atoms with Crippen molar-refractivity contribution < 1.29 is 13.6 Å². The van der Waals surface area contributed by atoms with E-state index in [0.29, 0.717) is 28.6 Å². The molecule has 8 heteroatoms. The van der Waals surface area contributed by atoms with Crippen LogP contribution in [0.4, 0.5) is 20.3 Å². The van der Waals surface area contributed by atoms with Crippen molar-refractivity contribution in [2.45, 2.75) is 6.54 Å². The van der Waals surface area contributed by atoms with Crippen LogP contribution in [0.1, 0.15) is 5.82 Å². The molecular formula is C20H17F2N5O. The molecule has 0 spiro atoms. The van der Waals surface area contributed by atoms with Crippen molar-refractivity contribution in [3.63, 3.8) is 0 Å². The van der Waals surface area contributed by atoms with Crippen LogP contribution in [0.5, 0.6) is 0 Å². The molecule has 0 saturated carbocycles. The van der Waals surface area contributed by atoms with Crippen molar-refractivity contribution in [3.05, 3.63) is 72.2 Å². The Bertz CT molecular complexity index is 1060. The Labute approximate surface area is 159 Å². The average Bonchev–Trinajstić information content (AvgIpc) is 3.06. The molecule has 0 atom stereocenters. The second-order valence-electron chi connectivity index (χ2n) is 6.26. The van der Waals surface area contributed by atoms with Crippen LogP contribution in [0.2, 0.25) is 0 Å². The van der Waals surface area contributed by atoms with E-state index in [1.807, 2.05) is 0 Å². The first-order valence-electron chi connectivity index (χ1n) is 8.62. The van der Waals surface area contributed by atoms with E-state index in [0.717, 1.165) is 0 Å². The highest BCUT2D eigenvalue weighted by Crippen LogP contribution is 2.33. The molecule has 3 aromatic rings. The summed E-state index contributed by atoms with van der Waals surface area (Å²) in [7, 11) is 0. The Morgan fingerprint density at radius 3 is 2.61 bits per heavy atom. The lowest BCUT2D eigenvalue weighted by Gasteiger charge is -2.22. The van der Waals surface area contributed by atoms with Gasteiger partial charge in [-0.15, -0.1) is 0 Å². The number of benzene rings is 2. The zero-order chi connectivity index (χ0) is 19.7. The number of halogens is 2. The Hall–Kier alpha value is -3.52. The summed E-state index contributed by atoms with van der Waals surface area (Å²) < 4.78 is 28.8. The number of rotatable bonds is 4. The number of fused-ring (bicyclic) bond motifs is 1. The molecule has 1 aromatic heterocycles. The number of aromatic nitrogens is 2. The molecule has 0 fully saturated rings. The zero-order valence-corrected chi connectivity index (χ0v) is 14.8. The van der Waals surface area contributed by atoms with Gasteiger partial charge in [0.2, 0.25) is 5.91 Å². The van der Waals surface area contributed by atoms with Gasteiger partial charge in [-0.05, 0) is 36.4 Å². The van der Waals surface area contributed by atoms with Gasteiger partial charge in [0.15, 0.2) is 0 Å². The van der Waals surface area contributed by atoms with Crippen molar-refractivity contribution in [2.24, 2.45) is 5.73 Å². The van der Waals surface area contributed by atoms with Gasteiger partial charge in [-0.1, -0.05) is 12.1 Å². The van der Waals surface area contributed by atoms with Crippen LogP contribution in [0, 0.1) is 11.6 Å². The normalized spacial score (nSPS) is 12.8. The van der Waals surface area contributed by atoms with Gasteiger partial charge in [0.1, 0.15) is 29.0 Å². The molecule has 28 heavy (non-hydrogen) atoms. The average molecular weight is 381 g/mol. The molecule has 0 radical (unpaired) electrons. The Balaban J connectivity index is 1.79. The smallest absolute Gasteiger partial charge is 0.240 e. The van der Waals surface area contributed by atoms with E-state index in [1.165, 1.54) is 29.2 Å². The van der Waals surface area contributed by atoms with Gasteiger partial charge in [0, 0.05) is 23.7 Å². The van der Waals surface area contributed by atoms with Gasteiger partial charge in [0.05, 0.1) is 13.1 Å². The quantitative estimate of drug-likeness (QED) is 0.727. The molecule has 1 amide bonds. The first kappa shape index (κ1) is 17.9. The van der Waals surface area contributed by atoms with Crippen molar-refractivity contribution in [3.8, 4) is 11.3 Å². The summed E-state index contributed by atoms with van der Waals surface area (Å²) in [5.41, 5.74) is 7.19. The fourth-order valence-electron chi connectivity index (χ4n) is 3.02. The lowest BCUT2D eigenvalue weighted by molar-refractivity contribution is -0.127. The van der Waals surface area contributed by atoms with Gasteiger partial charge in [-0.2, -0.15) is 0 Å². The molecular weight excluding hydrogens is 364 g/mol. The molecule has 0 unspecified atom stereocenters. The van der Waals surface area contributed by atoms with Crippen LogP contribution in [0.15, 0.2) is 54.7 Å². The van der Waals surface area contributed by atoms with Gasteiger partial charge in [-0.3, -0.25) is 9.36 Å². The molecule has 4 rings (SSSR count). The van der Waals surface area contributed by atoms with E-state index >= 15 is 0 Å². The van der Waals surface area contributed by atoms with Crippen molar-refractivity contribution in [1.82, 2.24) is 14.5 Å². The number of hydrogen-bond donors (Lipinski definition) is 2. The van der Waals surface area contributed by atoms with E-state index in [9.17, 15) is 13.6 Å². The summed E-state index contributed by atoms with van der Waals surface area (Å²) in [6, 6.07) is 12.0. The largest absolute Gasteiger partial charge is 0.339 e. The fourth-order valence-corrected chi connectivity index (χ4v) is 3.02. The number of carbonyl (C=O) groups is 1. The summed E-state index contributed by atoms with van der Waals surface area (Å²) in [6.45, 7) is 0.127. The number of imidazole rings is 1. The standard InChI is InChI=1S/C20H17F2N5O/c21-14-4-6-16(7-5-14)24-20-19(13-2-1-3-15(22)10-13)25-17-12-26(18(28)11-23)8-9-27(17)20/h1-10,24H,11-12,23H2. The van der Waals surface area contributed by atoms with Crippen LogP contribution in [0.3, 0.4) is 0 Å². The lowest BCUT2D eigenvalue weighted by Crippen LogP contribution is -2.33. The van der Waals surface area contributed by atoms with Crippen LogP contribution in [-0.4, -0.2) is 26.9 Å². The minimum atomic E-state index is -0.383. The lowest BCUT2D eigenvalue weighted by atomic mass is 10.1. The molecule has 1 aliphatic rings. The first-order chi connectivity index (χ1) is 13.5. The second kappa shape index (κ2) is 7.24. The highest BCUT2D eigenvalue weighted by atomic mass is 19.1. The minimum Gasteiger partial charge on any atom is -0.339 e. The number of nitrogens with one attached hydrogen (secondary N) is 1. The van der Waals surface area contributed by atoms with Gasteiger partial charge < -0.3 is 16.0 Å². The monoisotopic (exact) mass is 381 g/mol. The molecule has 3 N–H and O–H groups in total. The van der Waals surface area contributed by atoms with E-state index in [2.05, 4.69) is 10.3 Å². The Kier molecular flexibility index (Phi) is 4.62. The summed E-state index contributed by atoms with van der Waals surface area (Å²) >= 11 is 0. The molecule has 0 bridgehead atoms. The third-order valence-corrected chi connectivity index (χ3v) is 4.39. The molecule has 0 aliphatic carbocycles. The number of nitrogens with two attached hydrogens (primary N) is 1. The molecule has 2 aromatic carbocycles. The molecule has 2 heterocycles. The first-order valence-corrected chi connectivity index (χ1v) is 8.62. The van der Waals surface area contributed by atoms with Crippen LogP contribution in [-0.2, 0) is 11.3 Å². The number of carbonyl (C=O) groups excluding carboxylic acids is 1. The van der Waals surface area contributed by atoms with Gasteiger partial charge >= 0.3 is 0 Å². The predicted octanol–water partition coefficient (Wildman–Crippen LogP) is 3.30. The van der Waals surface area contributed by atoms with Crippen LogP contribution in [0.25, 0.3) is 17.5 Å². The number of hydrogen-bond acceptors (Lipinski definition) is 4. The number of anilines is 2. The number of nitrogens with zero attached hydrogens (tertiary/aromatic N) is 3. The summed E-state index contributed by atoms with van der Waals surface area (Å²) in [5.74, 6) is 0.219. The summed E-state index contributed by atoms with van der Waals surface area (Å²) in [5, 5.41) is 3.22. The molecule has 0 saturated heterocycles. The Morgan fingerprint density at radius 1 is 1.11 bits per heavy atom. The van der Waals surface area contributed by atoms with Crippen LogP contribution < -0.4 is 11.1 Å². The Morgan fingerprint density at radius 2 is 1.89 bits per heavy atom. The fraction of sp³-hybridized carbons (Fsp3) is 0.100.